The van der Waals surface area contributed by atoms with Gasteiger partial charge in [-0.1, -0.05) is 27.2 Å². The van der Waals surface area contributed by atoms with Gasteiger partial charge in [0, 0.05) is 11.4 Å². The van der Waals surface area contributed by atoms with Gasteiger partial charge in [0.25, 0.3) is 0 Å². The van der Waals surface area contributed by atoms with Crippen LogP contribution in [0.2, 0.25) is 0 Å². The van der Waals surface area contributed by atoms with Crippen molar-refractivity contribution in [3.63, 3.8) is 0 Å². The van der Waals surface area contributed by atoms with Gasteiger partial charge < -0.3 is 10.5 Å². The fourth-order valence-corrected chi connectivity index (χ4v) is 3.10. The molecular formula is C17H26N2O2. The average molecular weight is 290 g/mol. The Kier molecular flexibility index (Phi) is 5.10. The largest absolute Gasteiger partial charge is 0.446 e. The lowest BCUT2D eigenvalue weighted by atomic mass is 9.75. The Bertz CT molecular complexity index is 470. The predicted octanol–water partition coefficient (Wildman–Crippen LogP) is 4.28. The second-order valence-electron chi connectivity index (χ2n) is 6.52. The van der Waals surface area contributed by atoms with E-state index in [0.29, 0.717) is 29.1 Å². The van der Waals surface area contributed by atoms with Gasteiger partial charge in [-0.3, -0.25) is 5.32 Å². The fourth-order valence-electron chi connectivity index (χ4n) is 3.10. The highest BCUT2D eigenvalue weighted by molar-refractivity contribution is 5.84. The van der Waals surface area contributed by atoms with Crippen molar-refractivity contribution in [2.75, 3.05) is 11.1 Å². The molecule has 2 rings (SSSR count). The van der Waals surface area contributed by atoms with Crippen LogP contribution in [0.25, 0.3) is 0 Å². The molecule has 4 heteroatoms. The summed E-state index contributed by atoms with van der Waals surface area (Å²) in [5.74, 6) is 1.61. The number of benzene rings is 1. The minimum absolute atomic E-state index is 0.0162. The zero-order valence-corrected chi connectivity index (χ0v) is 13.1. The first-order chi connectivity index (χ1) is 9.95. The van der Waals surface area contributed by atoms with Crippen molar-refractivity contribution in [2.24, 2.45) is 17.8 Å². The third-order valence-electron chi connectivity index (χ3n) is 4.38. The first-order valence-electron chi connectivity index (χ1n) is 7.79. The van der Waals surface area contributed by atoms with Gasteiger partial charge in [0.1, 0.15) is 6.10 Å². The van der Waals surface area contributed by atoms with E-state index in [0.717, 1.165) is 12.8 Å². The van der Waals surface area contributed by atoms with E-state index in [4.69, 9.17) is 10.5 Å². The number of nitrogens with one attached hydrogen (secondary N) is 1. The fraction of sp³-hybridized carbons (Fsp3) is 0.588. The Morgan fingerprint density at radius 2 is 1.95 bits per heavy atom. The summed E-state index contributed by atoms with van der Waals surface area (Å²) in [6.07, 6.45) is 2.96. The predicted molar refractivity (Wildman–Crippen MR) is 86.1 cm³/mol. The molecule has 116 valence electrons. The maximum absolute atomic E-state index is 12.1. The van der Waals surface area contributed by atoms with Crippen molar-refractivity contribution in [2.45, 2.75) is 46.1 Å². The van der Waals surface area contributed by atoms with E-state index in [2.05, 4.69) is 26.1 Å². The van der Waals surface area contributed by atoms with Crippen LogP contribution in [-0.2, 0) is 4.74 Å². The Hall–Kier alpha value is -1.71. The number of hydrogen-bond acceptors (Lipinski definition) is 3. The van der Waals surface area contributed by atoms with Crippen LogP contribution in [0.5, 0.6) is 0 Å². The van der Waals surface area contributed by atoms with Crippen molar-refractivity contribution < 1.29 is 9.53 Å². The van der Waals surface area contributed by atoms with Crippen LogP contribution in [-0.4, -0.2) is 12.2 Å². The third-order valence-corrected chi connectivity index (χ3v) is 4.38. The lowest BCUT2D eigenvalue weighted by molar-refractivity contribution is 0.0126. The van der Waals surface area contributed by atoms with Gasteiger partial charge in [-0.2, -0.15) is 0 Å². The molecule has 3 N–H and O–H groups in total. The van der Waals surface area contributed by atoms with Gasteiger partial charge in [-0.15, -0.1) is 0 Å². The van der Waals surface area contributed by atoms with E-state index in [1.807, 2.05) is 0 Å². The minimum Gasteiger partial charge on any atom is -0.446 e. The molecule has 21 heavy (non-hydrogen) atoms. The molecule has 0 radical (unpaired) electrons. The van der Waals surface area contributed by atoms with Gasteiger partial charge in [-0.25, -0.2) is 4.79 Å². The second kappa shape index (κ2) is 6.83. The van der Waals surface area contributed by atoms with Crippen LogP contribution in [0.15, 0.2) is 24.3 Å². The summed E-state index contributed by atoms with van der Waals surface area (Å²) in [5, 5.41) is 2.77. The van der Waals surface area contributed by atoms with Crippen LogP contribution in [0.1, 0.15) is 40.0 Å². The van der Waals surface area contributed by atoms with Crippen molar-refractivity contribution >= 4 is 17.5 Å². The van der Waals surface area contributed by atoms with Gasteiger partial charge in [0.15, 0.2) is 0 Å². The molecule has 0 saturated heterocycles. The first kappa shape index (κ1) is 15.7. The highest BCUT2D eigenvalue weighted by atomic mass is 16.6. The van der Waals surface area contributed by atoms with E-state index in [9.17, 15) is 4.79 Å². The average Bonchev–Trinajstić information content (AvgIpc) is 2.41. The Morgan fingerprint density at radius 1 is 1.29 bits per heavy atom. The summed E-state index contributed by atoms with van der Waals surface area (Å²) < 4.78 is 5.69. The lowest BCUT2D eigenvalue weighted by Gasteiger charge is -2.36. The summed E-state index contributed by atoms with van der Waals surface area (Å²) in [4.78, 5) is 12.1. The zero-order chi connectivity index (χ0) is 15.4. The molecule has 0 spiro atoms. The van der Waals surface area contributed by atoms with Crippen molar-refractivity contribution in [1.82, 2.24) is 0 Å². The van der Waals surface area contributed by atoms with Gasteiger partial charge in [0.05, 0.1) is 0 Å². The smallest absolute Gasteiger partial charge is 0.411 e. The van der Waals surface area contributed by atoms with Crippen molar-refractivity contribution in [3.8, 4) is 0 Å². The zero-order valence-electron chi connectivity index (χ0n) is 13.1. The number of rotatable bonds is 3. The third kappa shape index (κ3) is 4.38. The Labute approximate surface area is 127 Å². The van der Waals surface area contributed by atoms with Gasteiger partial charge in [-0.05, 0) is 54.9 Å². The summed E-state index contributed by atoms with van der Waals surface area (Å²) in [7, 11) is 0. The second-order valence-corrected chi connectivity index (χ2v) is 6.52. The van der Waals surface area contributed by atoms with Crippen LogP contribution in [0, 0.1) is 17.8 Å². The molecular weight excluding hydrogens is 264 g/mol. The molecule has 1 aliphatic carbocycles. The van der Waals surface area contributed by atoms with Crippen LogP contribution >= 0.6 is 0 Å². The van der Waals surface area contributed by atoms with Gasteiger partial charge in [0.2, 0.25) is 0 Å². The maximum atomic E-state index is 12.1. The number of anilines is 2. The lowest BCUT2D eigenvalue weighted by Crippen LogP contribution is -2.36. The molecule has 1 saturated carbocycles. The number of amides is 1. The molecule has 0 heterocycles. The number of hydrogen-bond donors (Lipinski definition) is 2. The number of nitrogen functional groups attached to an aromatic ring is 1. The number of carbonyl (C=O) groups is 1. The maximum Gasteiger partial charge on any atom is 0.411 e. The standard InChI is InChI=1S/C17H26N2O2/c1-11(2)15-9-4-12(3)10-16(15)21-17(20)19-14-7-5-13(18)6-8-14/h5-8,11-12,15-16H,4,9-10,18H2,1-3H3,(H,19,20). The minimum atomic E-state index is -0.371. The quantitative estimate of drug-likeness (QED) is 0.817. The molecule has 1 aromatic carbocycles. The normalized spacial score (nSPS) is 25.6. The molecule has 1 aromatic rings. The number of ether oxygens (including phenoxy) is 1. The SMILES string of the molecule is CC1CCC(C(C)C)C(OC(=O)Nc2ccc(N)cc2)C1. The monoisotopic (exact) mass is 290 g/mol. The van der Waals surface area contributed by atoms with E-state index in [1.165, 1.54) is 6.42 Å². The van der Waals surface area contributed by atoms with E-state index in [-0.39, 0.29) is 12.2 Å². The molecule has 0 bridgehead atoms. The first-order valence-corrected chi connectivity index (χ1v) is 7.79. The molecule has 1 aliphatic rings. The molecule has 1 amide bonds. The summed E-state index contributed by atoms with van der Waals surface area (Å²) in [5.41, 5.74) is 7.01. The van der Waals surface area contributed by atoms with Crippen molar-refractivity contribution in [3.05, 3.63) is 24.3 Å². The number of carbonyl (C=O) groups excluding carboxylic acids is 1. The highest BCUT2D eigenvalue weighted by Gasteiger charge is 2.33. The van der Waals surface area contributed by atoms with Crippen LogP contribution in [0.4, 0.5) is 16.2 Å². The molecule has 3 unspecified atom stereocenters. The summed E-state index contributed by atoms with van der Waals surface area (Å²) in [6.45, 7) is 6.63. The van der Waals surface area contributed by atoms with Gasteiger partial charge >= 0.3 is 6.09 Å². The Morgan fingerprint density at radius 3 is 2.57 bits per heavy atom. The van der Waals surface area contributed by atoms with Crippen LogP contribution < -0.4 is 11.1 Å². The van der Waals surface area contributed by atoms with E-state index < -0.39 is 0 Å². The van der Waals surface area contributed by atoms with E-state index >= 15 is 0 Å². The summed E-state index contributed by atoms with van der Waals surface area (Å²) >= 11 is 0. The molecule has 4 nitrogen and oxygen atoms in total. The topological polar surface area (TPSA) is 64.3 Å². The summed E-state index contributed by atoms with van der Waals surface area (Å²) in [6, 6.07) is 7.07. The highest BCUT2D eigenvalue weighted by Crippen LogP contribution is 2.35. The molecule has 1 fully saturated rings. The van der Waals surface area contributed by atoms with Crippen molar-refractivity contribution in [1.29, 1.82) is 0 Å². The Balaban J connectivity index is 1.94. The van der Waals surface area contributed by atoms with E-state index in [1.54, 1.807) is 24.3 Å². The molecule has 0 aromatic heterocycles. The molecule has 0 aliphatic heterocycles. The number of nitrogens with two attached hydrogens (primary N) is 1. The van der Waals surface area contributed by atoms with Crippen LogP contribution in [0.3, 0.4) is 0 Å². The molecule has 3 atom stereocenters.